The summed E-state index contributed by atoms with van der Waals surface area (Å²) in [5.74, 6) is 0. The van der Waals surface area contributed by atoms with Crippen LogP contribution in [0.4, 0.5) is 18.9 Å². The predicted octanol–water partition coefficient (Wildman–Crippen LogP) is 3.07. The fourth-order valence-corrected chi connectivity index (χ4v) is 0.979. The number of hydrogen-bond acceptors (Lipinski definition) is 1. The van der Waals surface area contributed by atoms with Crippen molar-refractivity contribution in [3.63, 3.8) is 0 Å². The van der Waals surface area contributed by atoms with Gasteiger partial charge in [0.2, 0.25) is 0 Å². The molecule has 0 aromatic heterocycles. The van der Waals surface area contributed by atoms with Crippen molar-refractivity contribution < 1.29 is 13.2 Å². The first-order valence-electron chi connectivity index (χ1n) is 4.08. The average molecular weight is 294 g/mol. The highest BCUT2D eigenvalue weighted by Crippen LogP contribution is 2.30. The highest BCUT2D eigenvalue weighted by atomic mass is 79.9. The number of amidine groups is 1. The molecule has 1 aromatic rings. The molecule has 0 aliphatic heterocycles. The van der Waals surface area contributed by atoms with Crippen LogP contribution < -0.4 is 5.73 Å². The molecule has 1 aromatic carbocycles. The van der Waals surface area contributed by atoms with Crippen molar-refractivity contribution in [2.75, 3.05) is 0 Å². The summed E-state index contributed by atoms with van der Waals surface area (Å²) in [5.41, 5.74) is 4.82. The maximum Gasteiger partial charge on any atom is 0.416 e. The minimum Gasteiger partial charge on any atom is -0.378 e. The topological polar surface area (TPSA) is 50.7 Å². The van der Waals surface area contributed by atoms with E-state index >= 15 is 0 Å². The van der Waals surface area contributed by atoms with Crippen LogP contribution in [0.5, 0.6) is 0 Å². The minimum absolute atomic E-state index is 0.142. The van der Waals surface area contributed by atoms with Crippen LogP contribution in [0.2, 0.25) is 0 Å². The van der Waals surface area contributed by atoms with Crippen molar-refractivity contribution in [1.82, 2.24) is 0 Å². The first kappa shape index (κ1) is 12.7. The van der Waals surface area contributed by atoms with Gasteiger partial charge in [0, 0.05) is 0 Å². The first-order valence-corrected chi connectivity index (χ1v) is 4.87. The molecule has 0 amide bonds. The van der Waals surface area contributed by atoms with E-state index in [4.69, 9.17) is 5.73 Å². The van der Waals surface area contributed by atoms with Gasteiger partial charge in [-0.05, 0) is 40.2 Å². The van der Waals surface area contributed by atoms with Gasteiger partial charge in [-0.2, -0.15) is 13.2 Å². The van der Waals surface area contributed by atoms with E-state index in [0.29, 0.717) is 5.69 Å². The molecule has 0 spiro atoms. The number of nitrogens with two attached hydrogens (primary N) is 1. The quantitative estimate of drug-likeness (QED) is 0.508. The Hall–Kier alpha value is -1.37. The van der Waals surface area contributed by atoms with E-state index in [1.165, 1.54) is 12.1 Å². The van der Waals surface area contributed by atoms with Gasteiger partial charge in [-0.15, -0.1) is 0 Å². The Morgan fingerprint density at radius 3 is 2.25 bits per heavy atom. The normalized spacial score (nSPS) is 13.4. The summed E-state index contributed by atoms with van der Waals surface area (Å²) in [6.45, 7) is 0. The number of rotatable bonds is 2. The van der Waals surface area contributed by atoms with E-state index in [2.05, 4.69) is 25.9 Å². The fraction of sp³-hybridized carbons (Fsp3) is 0.111. The van der Waals surface area contributed by atoms with Crippen LogP contribution in [0.1, 0.15) is 5.56 Å². The Bertz CT molecular complexity index is 405. The van der Waals surface area contributed by atoms with E-state index in [9.17, 15) is 13.2 Å². The summed E-state index contributed by atoms with van der Waals surface area (Å²) in [6, 6.07) is 4.40. The van der Waals surface area contributed by atoms with E-state index in [-0.39, 0.29) is 4.74 Å². The van der Waals surface area contributed by atoms with Crippen molar-refractivity contribution in [3.05, 3.63) is 29.8 Å². The second-order valence-corrected chi connectivity index (χ2v) is 3.55. The highest BCUT2D eigenvalue weighted by Gasteiger charge is 2.29. The molecule has 0 aliphatic rings. The number of alkyl halides is 3. The smallest absolute Gasteiger partial charge is 0.378 e. The molecular formula is C9H7BrF3N3. The lowest BCUT2D eigenvalue weighted by Crippen LogP contribution is -2.03. The van der Waals surface area contributed by atoms with Crippen molar-refractivity contribution in [3.8, 4) is 0 Å². The molecule has 2 N–H and O–H groups in total. The summed E-state index contributed by atoms with van der Waals surface area (Å²) in [6.07, 6.45) is -3.19. The standard InChI is InChI=1S/C9H7BrF3N3/c10-8(14)16-5-15-7-3-1-6(2-4-7)9(11,12)13/h1-5H,(H2,14,15,16). The second-order valence-electron chi connectivity index (χ2n) is 2.74. The van der Waals surface area contributed by atoms with Gasteiger partial charge >= 0.3 is 6.18 Å². The molecule has 0 bridgehead atoms. The molecule has 1 rings (SSSR count). The number of hydrogen-bond donors (Lipinski definition) is 1. The van der Waals surface area contributed by atoms with Gasteiger partial charge < -0.3 is 5.73 Å². The number of nitrogens with zero attached hydrogens (tertiary/aromatic N) is 2. The molecule has 0 saturated heterocycles. The molecule has 7 heteroatoms. The lowest BCUT2D eigenvalue weighted by Gasteiger charge is -2.05. The third-order valence-electron chi connectivity index (χ3n) is 1.58. The molecule has 0 unspecified atom stereocenters. The van der Waals surface area contributed by atoms with Crippen LogP contribution in [0, 0.1) is 0 Å². The average Bonchev–Trinajstić information content (AvgIpc) is 2.16. The molecule has 86 valence electrons. The molecule has 0 radical (unpaired) electrons. The SMILES string of the molecule is NC(Br)=NC=Nc1ccc(C(F)(F)F)cc1. The maximum absolute atomic E-state index is 12.2. The largest absolute Gasteiger partial charge is 0.416 e. The minimum atomic E-state index is -4.33. The molecule has 0 heterocycles. The summed E-state index contributed by atoms with van der Waals surface area (Å²) in [5, 5.41) is 0. The third-order valence-corrected chi connectivity index (χ3v) is 1.79. The summed E-state index contributed by atoms with van der Waals surface area (Å²) >= 11 is 2.87. The zero-order valence-corrected chi connectivity index (χ0v) is 9.46. The van der Waals surface area contributed by atoms with E-state index in [1.54, 1.807) is 0 Å². The van der Waals surface area contributed by atoms with Crippen LogP contribution in [-0.4, -0.2) is 11.1 Å². The lowest BCUT2D eigenvalue weighted by atomic mass is 10.2. The molecule has 0 atom stereocenters. The van der Waals surface area contributed by atoms with Gasteiger partial charge in [0.25, 0.3) is 0 Å². The fourth-order valence-electron chi connectivity index (χ4n) is 0.887. The van der Waals surface area contributed by atoms with Crippen molar-refractivity contribution >= 4 is 32.7 Å². The Morgan fingerprint density at radius 2 is 1.81 bits per heavy atom. The van der Waals surface area contributed by atoms with Crippen molar-refractivity contribution in [1.29, 1.82) is 0 Å². The molecule has 0 fully saturated rings. The van der Waals surface area contributed by atoms with Crippen LogP contribution in [0.15, 0.2) is 34.3 Å². The third kappa shape index (κ3) is 4.01. The van der Waals surface area contributed by atoms with Crippen molar-refractivity contribution in [2.24, 2.45) is 15.7 Å². The summed E-state index contributed by atoms with van der Waals surface area (Å²) in [4.78, 5) is 7.37. The van der Waals surface area contributed by atoms with Gasteiger partial charge in [-0.3, -0.25) is 0 Å². The van der Waals surface area contributed by atoms with Crippen LogP contribution in [-0.2, 0) is 6.18 Å². The Morgan fingerprint density at radius 1 is 1.25 bits per heavy atom. The van der Waals surface area contributed by atoms with Crippen LogP contribution >= 0.6 is 15.9 Å². The molecule has 0 saturated carbocycles. The molecule has 3 nitrogen and oxygen atoms in total. The summed E-state index contributed by atoms with van der Waals surface area (Å²) < 4.78 is 36.7. The van der Waals surface area contributed by atoms with E-state index < -0.39 is 11.7 Å². The number of halogens is 4. The second kappa shape index (κ2) is 5.11. The zero-order chi connectivity index (χ0) is 12.2. The van der Waals surface area contributed by atoms with Crippen LogP contribution in [0.3, 0.4) is 0 Å². The lowest BCUT2D eigenvalue weighted by molar-refractivity contribution is -0.137. The van der Waals surface area contributed by atoms with Gasteiger partial charge in [0.1, 0.15) is 6.34 Å². The van der Waals surface area contributed by atoms with Crippen LogP contribution in [0.25, 0.3) is 0 Å². The molecule has 16 heavy (non-hydrogen) atoms. The Labute approximate surface area is 98.0 Å². The maximum atomic E-state index is 12.2. The molecule has 0 aliphatic carbocycles. The van der Waals surface area contributed by atoms with Gasteiger partial charge in [0.15, 0.2) is 4.74 Å². The Balaban J connectivity index is 2.80. The van der Waals surface area contributed by atoms with Gasteiger partial charge in [-0.1, -0.05) is 0 Å². The monoisotopic (exact) mass is 293 g/mol. The first-order chi connectivity index (χ1) is 7.39. The number of benzene rings is 1. The molecular weight excluding hydrogens is 287 g/mol. The summed E-state index contributed by atoms with van der Waals surface area (Å²) in [7, 11) is 0. The van der Waals surface area contributed by atoms with Gasteiger partial charge in [-0.25, -0.2) is 9.98 Å². The number of aliphatic imine (C=N–C) groups is 2. The van der Waals surface area contributed by atoms with Gasteiger partial charge in [0.05, 0.1) is 11.3 Å². The highest BCUT2D eigenvalue weighted by molar-refractivity contribution is 9.18. The van der Waals surface area contributed by atoms with E-state index in [1.807, 2.05) is 0 Å². The zero-order valence-electron chi connectivity index (χ0n) is 7.87. The van der Waals surface area contributed by atoms with E-state index in [0.717, 1.165) is 18.5 Å². The Kier molecular flexibility index (Phi) is 4.05. The van der Waals surface area contributed by atoms with Crippen molar-refractivity contribution in [2.45, 2.75) is 6.18 Å². The predicted molar refractivity (Wildman–Crippen MR) is 60.1 cm³/mol.